The van der Waals surface area contributed by atoms with E-state index in [0.717, 1.165) is 30.9 Å². The largest absolute Gasteiger partial charge is 0.493 e. The number of carbonyl (C=O) groups excluding carboxylic acids is 1. The van der Waals surface area contributed by atoms with Crippen molar-refractivity contribution in [3.05, 3.63) is 29.8 Å². The molecule has 1 amide bonds. The van der Waals surface area contributed by atoms with Gasteiger partial charge in [-0.2, -0.15) is 0 Å². The van der Waals surface area contributed by atoms with Gasteiger partial charge in [0, 0.05) is 6.54 Å². The van der Waals surface area contributed by atoms with Gasteiger partial charge in [0.05, 0.1) is 13.0 Å². The molecule has 0 saturated carbocycles. The zero-order valence-corrected chi connectivity index (χ0v) is 12.2. The van der Waals surface area contributed by atoms with Gasteiger partial charge in [-0.05, 0) is 56.5 Å². The van der Waals surface area contributed by atoms with Gasteiger partial charge in [-0.1, -0.05) is 12.1 Å². The van der Waals surface area contributed by atoms with Gasteiger partial charge in [-0.3, -0.25) is 4.79 Å². The molecule has 2 N–H and O–H groups in total. The fraction of sp³-hybridized carbons (Fsp3) is 0.562. The second-order valence-corrected chi connectivity index (χ2v) is 5.43. The van der Waals surface area contributed by atoms with Gasteiger partial charge in [0.15, 0.2) is 0 Å². The molecule has 0 aromatic heterocycles. The van der Waals surface area contributed by atoms with Crippen molar-refractivity contribution < 1.29 is 9.53 Å². The third-order valence-electron chi connectivity index (χ3n) is 3.57. The SMILES string of the molecule is Cc1cccc(OCCC(=O)NCC2CCCNC2)c1. The number of hydrogen-bond acceptors (Lipinski definition) is 3. The highest BCUT2D eigenvalue weighted by Gasteiger charge is 2.13. The summed E-state index contributed by atoms with van der Waals surface area (Å²) in [6.45, 7) is 5.35. The Balaban J connectivity index is 1.60. The number of benzene rings is 1. The lowest BCUT2D eigenvalue weighted by Gasteiger charge is -2.22. The van der Waals surface area contributed by atoms with Crippen LogP contribution in [0, 0.1) is 12.8 Å². The van der Waals surface area contributed by atoms with Crippen LogP contribution in [0.3, 0.4) is 0 Å². The molecule has 2 rings (SSSR count). The molecule has 20 heavy (non-hydrogen) atoms. The molecule has 1 unspecified atom stereocenters. The third-order valence-corrected chi connectivity index (χ3v) is 3.57. The fourth-order valence-electron chi connectivity index (χ4n) is 2.41. The normalized spacial score (nSPS) is 18.6. The first-order chi connectivity index (χ1) is 9.74. The van der Waals surface area contributed by atoms with Crippen molar-refractivity contribution >= 4 is 5.91 Å². The Hall–Kier alpha value is -1.55. The van der Waals surface area contributed by atoms with E-state index in [9.17, 15) is 4.79 Å². The molecule has 1 saturated heterocycles. The average molecular weight is 276 g/mol. The monoisotopic (exact) mass is 276 g/mol. The Labute approximate surface area is 120 Å². The second kappa shape index (κ2) is 7.90. The van der Waals surface area contributed by atoms with Crippen LogP contribution in [-0.2, 0) is 4.79 Å². The third kappa shape index (κ3) is 5.21. The Kier molecular flexibility index (Phi) is 5.87. The summed E-state index contributed by atoms with van der Waals surface area (Å²) < 4.78 is 5.58. The fourth-order valence-corrected chi connectivity index (χ4v) is 2.41. The Morgan fingerprint density at radius 3 is 3.15 bits per heavy atom. The standard InChI is InChI=1S/C16H24N2O2/c1-13-4-2-6-15(10-13)20-9-7-16(19)18-12-14-5-3-8-17-11-14/h2,4,6,10,14,17H,3,5,7-9,11-12H2,1H3,(H,18,19). The van der Waals surface area contributed by atoms with E-state index in [4.69, 9.17) is 4.74 Å². The van der Waals surface area contributed by atoms with Crippen LogP contribution < -0.4 is 15.4 Å². The Morgan fingerprint density at radius 2 is 2.40 bits per heavy atom. The van der Waals surface area contributed by atoms with Crippen molar-refractivity contribution in [2.75, 3.05) is 26.2 Å². The van der Waals surface area contributed by atoms with E-state index in [1.54, 1.807) is 0 Å². The van der Waals surface area contributed by atoms with Gasteiger partial charge in [0.2, 0.25) is 5.91 Å². The first kappa shape index (κ1) is 14.9. The maximum atomic E-state index is 11.7. The summed E-state index contributed by atoms with van der Waals surface area (Å²) in [5.41, 5.74) is 1.16. The van der Waals surface area contributed by atoms with Crippen molar-refractivity contribution in [1.82, 2.24) is 10.6 Å². The summed E-state index contributed by atoms with van der Waals surface area (Å²) in [5, 5.41) is 6.34. The molecule has 0 bridgehead atoms. The lowest BCUT2D eigenvalue weighted by molar-refractivity contribution is -0.121. The molecular formula is C16H24N2O2. The molecule has 1 heterocycles. The molecule has 0 spiro atoms. The topological polar surface area (TPSA) is 50.4 Å². The first-order valence-electron chi connectivity index (χ1n) is 7.41. The Bertz CT molecular complexity index is 428. The summed E-state index contributed by atoms with van der Waals surface area (Å²) in [6.07, 6.45) is 2.82. The predicted octanol–water partition coefficient (Wildman–Crippen LogP) is 1.88. The van der Waals surface area contributed by atoms with Gasteiger partial charge in [-0.25, -0.2) is 0 Å². The summed E-state index contributed by atoms with van der Waals surface area (Å²) in [6, 6.07) is 7.88. The van der Waals surface area contributed by atoms with Gasteiger partial charge in [0.1, 0.15) is 5.75 Å². The number of nitrogens with one attached hydrogen (secondary N) is 2. The van der Waals surface area contributed by atoms with Crippen molar-refractivity contribution in [2.45, 2.75) is 26.2 Å². The molecule has 4 nitrogen and oxygen atoms in total. The lowest BCUT2D eigenvalue weighted by atomic mass is 10.00. The minimum absolute atomic E-state index is 0.0724. The molecule has 4 heteroatoms. The van der Waals surface area contributed by atoms with Crippen LogP contribution in [0.25, 0.3) is 0 Å². The number of aryl methyl sites for hydroxylation is 1. The quantitative estimate of drug-likeness (QED) is 0.834. The van der Waals surface area contributed by atoms with Crippen molar-refractivity contribution in [3.63, 3.8) is 0 Å². The lowest BCUT2D eigenvalue weighted by Crippen LogP contribution is -2.38. The number of piperidine rings is 1. The van der Waals surface area contributed by atoms with Crippen LogP contribution >= 0.6 is 0 Å². The van der Waals surface area contributed by atoms with Crippen LogP contribution in [0.1, 0.15) is 24.8 Å². The van der Waals surface area contributed by atoms with Gasteiger partial charge >= 0.3 is 0 Å². The minimum atomic E-state index is 0.0724. The molecule has 110 valence electrons. The molecule has 1 fully saturated rings. The molecule has 1 atom stereocenters. The average Bonchev–Trinajstić information content (AvgIpc) is 2.46. The van der Waals surface area contributed by atoms with Crippen LogP contribution in [-0.4, -0.2) is 32.1 Å². The van der Waals surface area contributed by atoms with Gasteiger partial charge in [0.25, 0.3) is 0 Å². The molecule has 1 aromatic carbocycles. The van der Waals surface area contributed by atoms with E-state index in [1.165, 1.54) is 12.8 Å². The van der Waals surface area contributed by atoms with E-state index in [2.05, 4.69) is 10.6 Å². The van der Waals surface area contributed by atoms with E-state index in [-0.39, 0.29) is 5.91 Å². The predicted molar refractivity (Wildman–Crippen MR) is 79.9 cm³/mol. The molecule has 1 aliphatic rings. The summed E-state index contributed by atoms with van der Waals surface area (Å²) >= 11 is 0. The van der Waals surface area contributed by atoms with E-state index < -0.39 is 0 Å². The summed E-state index contributed by atoms with van der Waals surface area (Å²) in [7, 11) is 0. The van der Waals surface area contributed by atoms with Crippen molar-refractivity contribution in [3.8, 4) is 5.75 Å². The zero-order chi connectivity index (χ0) is 14.2. The highest BCUT2D eigenvalue weighted by atomic mass is 16.5. The van der Waals surface area contributed by atoms with E-state index in [0.29, 0.717) is 18.9 Å². The molecule has 1 aliphatic heterocycles. The highest BCUT2D eigenvalue weighted by molar-refractivity contribution is 5.75. The number of ether oxygens (including phenoxy) is 1. The number of hydrogen-bond donors (Lipinski definition) is 2. The molecular weight excluding hydrogens is 252 g/mol. The van der Waals surface area contributed by atoms with Crippen LogP contribution in [0.2, 0.25) is 0 Å². The molecule has 1 aromatic rings. The van der Waals surface area contributed by atoms with Crippen LogP contribution in [0.4, 0.5) is 0 Å². The van der Waals surface area contributed by atoms with E-state index in [1.807, 2.05) is 31.2 Å². The Morgan fingerprint density at radius 1 is 1.50 bits per heavy atom. The number of carbonyl (C=O) groups is 1. The van der Waals surface area contributed by atoms with Gasteiger partial charge in [-0.15, -0.1) is 0 Å². The van der Waals surface area contributed by atoms with Crippen LogP contribution in [0.15, 0.2) is 24.3 Å². The van der Waals surface area contributed by atoms with Crippen molar-refractivity contribution in [1.29, 1.82) is 0 Å². The number of rotatable bonds is 6. The molecule has 0 radical (unpaired) electrons. The maximum Gasteiger partial charge on any atom is 0.223 e. The maximum absolute atomic E-state index is 11.7. The minimum Gasteiger partial charge on any atom is -0.493 e. The highest BCUT2D eigenvalue weighted by Crippen LogP contribution is 2.12. The summed E-state index contributed by atoms with van der Waals surface area (Å²) in [4.78, 5) is 11.7. The van der Waals surface area contributed by atoms with Gasteiger partial charge < -0.3 is 15.4 Å². The number of amides is 1. The summed E-state index contributed by atoms with van der Waals surface area (Å²) in [5.74, 6) is 1.47. The zero-order valence-electron chi connectivity index (χ0n) is 12.2. The van der Waals surface area contributed by atoms with E-state index >= 15 is 0 Å². The first-order valence-corrected chi connectivity index (χ1v) is 7.41. The smallest absolute Gasteiger partial charge is 0.223 e. The molecule has 0 aliphatic carbocycles. The second-order valence-electron chi connectivity index (χ2n) is 5.43. The van der Waals surface area contributed by atoms with Crippen LogP contribution in [0.5, 0.6) is 5.75 Å². The van der Waals surface area contributed by atoms with Crippen molar-refractivity contribution in [2.24, 2.45) is 5.92 Å².